The molecule has 20 heavy (non-hydrogen) atoms. The van der Waals surface area contributed by atoms with Crippen LogP contribution in [0.4, 0.5) is 4.79 Å². The van der Waals surface area contributed by atoms with Gasteiger partial charge in [0.05, 0.1) is 12.8 Å². The molecular weight excluding hydrogens is 276 g/mol. The van der Waals surface area contributed by atoms with Gasteiger partial charge in [-0.05, 0) is 31.4 Å². The fraction of sp³-hybridized carbons (Fsp3) is 0.643. The van der Waals surface area contributed by atoms with Gasteiger partial charge in [-0.15, -0.1) is 0 Å². The van der Waals surface area contributed by atoms with E-state index in [9.17, 15) is 9.00 Å². The Balaban J connectivity index is 1.74. The molecule has 0 saturated heterocycles. The van der Waals surface area contributed by atoms with Gasteiger partial charge in [0.1, 0.15) is 5.76 Å². The summed E-state index contributed by atoms with van der Waals surface area (Å²) in [6, 6.07) is 3.55. The summed E-state index contributed by atoms with van der Waals surface area (Å²) in [6.45, 7) is 2.33. The number of urea groups is 1. The highest BCUT2D eigenvalue weighted by Crippen LogP contribution is 2.22. The summed E-state index contributed by atoms with van der Waals surface area (Å²) in [5.74, 6) is 1.43. The first kappa shape index (κ1) is 15.1. The van der Waals surface area contributed by atoms with Crippen LogP contribution in [0.15, 0.2) is 22.8 Å². The first-order chi connectivity index (χ1) is 9.69. The Kier molecular flexibility index (Phi) is 5.64. The predicted octanol–water partition coefficient (Wildman–Crippen LogP) is 2.16. The average Bonchev–Trinajstić information content (AvgIpc) is 2.98. The van der Waals surface area contributed by atoms with Gasteiger partial charge in [-0.3, -0.25) is 4.21 Å². The monoisotopic (exact) mass is 298 g/mol. The molecule has 0 unspecified atom stereocenters. The fourth-order valence-corrected chi connectivity index (χ4v) is 3.92. The minimum Gasteiger partial charge on any atom is -0.467 e. The van der Waals surface area contributed by atoms with Crippen LogP contribution < -0.4 is 10.6 Å². The van der Waals surface area contributed by atoms with E-state index in [1.54, 1.807) is 12.3 Å². The van der Waals surface area contributed by atoms with Crippen LogP contribution >= 0.6 is 0 Å². The first-order valence-corrected chi connectivity index (χ1v) is 8.51. The van der Waals surface area contributed by atoms with Crippen molar-refractivity contribution in [1.29, 1.82) is 0 Å². The normalized spacial score (nSPS) is 24.1. The van der Waals surface area contributed by atoms with Crippen molar-refractivity contribution >= 4 is 16.8 Å². The highest BCUT2D eigenvalue weighted by Gasteiger charge is 2.26. The SMILES string of the molecule is CC[S@@](=O)[C@@H]1CCC[C@H](NC(=O)NCc2ccco2)C1. The number of furan rings is 1. The molecule has 1 aromatic heterocycles. The van der Waals surface area contributed by atoms with Crippen LogP contribution in [0.25, 0.3) is 0 Å². The van der Waals surface area contributed by atoms with Gasteiger partial charge >= 0.3 is 6.03 Å². The fourth-order valence-electron chi connectivity index (χ4n) is 2.57. The third kappa shape index (κ3) is 4.37. The summed E-state index contributed by atoms with van der Waals surface area (Å²) in [7, 11) is -0.764. The molecule has 0 radical (unpaired) electrons. The molecule has 3 atom stereocenters. The number of carbonyl (C=O) groups is 1. The smallest absolute Gasteiger partial charge is 0.315 e. The molecule has 1 fully saturated rings. The van der Waals surface area contributed by atoms with Crippen molar-refractivity contribution in [2.24, 2.45) is 0 Å². The molecule has 0 bridgehead atoms. The second-order valence-electron chi connectivity index (χ2n) is 5.06. The van der Waals surface area contributed by atoms with Crippen molar-refractivity contribution < 1.29 is 13.4 Å². The molecule has 1 aliphatic rings. The molecule has 1 saturated carbocycles. The molecule has 2 N–H and O–H groups in total. The van der Waals surface area contributed by atoms with Gasteiger partial charge in [0, 0.05) is 27.8 Å². The summed E-state index contributed by atoms with van der Waals surface area (Å²) in [5.41, 5.74) is 0. The van der Waals surface area contributed by atoms with Gasteiger partial charge in [0.2, 0.25) is 0 Å². The number of hydrogen-bond donors (Lipinski definition) is 2. The van der Waals surface area contributed by atoms with Gasteiger partial charge in [-0.1, -0.05) is 13.3 Å². The van der Waals surface area contributed by atoms with E-state index in [0.29, 0.717) is 12.3 Å². The van der Waals surface area contributed by atoms with Crippen molar-refractivity contribution in [2.75, 3.05) is 5.75 Å². The minimum atomic E-state index is -0.764. The second kappa shape index (κ2) is 7.47. The van der Waals surface area contributed by atoms with Crippen LogP contribution in [-0.2, 0) is 17.3 Å². The van der Waals surface area contributed by atoms with Crippen LogP contribution in [0.5, 0.6) is 0 Å². The van der Waals surface area contributed by atoms with Crippen molar-refractivity contribution in [2.45, 2.75) is 50.4 Å². The van der Waals surface area contributed by atoms with Crippen LogP contribution in [0.1, 0.15) is 38.4 Å². The first-order valence-electron chi connectivity index (χ1n) is 7.13. The minimum absolute atomic E-state index is 0.126. The van der Waals surface area contributed by atoms with Crippen molar-refractivity contribution in [1.82, 2.24) is 10.6 Å². The molecule has 0 aliphatic heterocycles. The summed E-state index contributed by atoms with van der Waals surface area (Å²) in [5, 5.41) is 5.96. The number of hydrogen-bond acceptors (Lipinski definition) is 3. The maximum Gasteiger partial charge on any atom is 0.315 e. The average molecular weight is 298 g/mol. The lowest BCUT2D eigenvalue weighted by Gasteiger charge is -2.29. The Labute approximate surface area is 122 Å². The summed E-state index contributed by atoms with van der Waals surface area (Å²) >= 11 is 0. The summed E-state index contributed by atoms with van der Waals surface area (Å²) in [4.78, 5) is 11.8. The number of nitrogens with one attached hydrogen (secondary N) is 2. The molecular formula is C14H22N2O3S. The number of carbonyl (C=O) groups excluding carboxylic acids is 1. The van der Waals surface area contributed by atoms with E-state index < -0.39 is 10.8 Å². The van der Waals surface area contributed by atoms with Gasteiger partial charge in [0.15, 0.2) is 0 Å². The van der Waals surface area contributed by atoms with Gasteiger partial charge < -0.3 is 15.1 Å². The van der Waals surface area contributed by atoms with E-state index in [-0.39, 0.29) is 17.3 Å². The van der Waals surface area contributed by atoms with E-state index in [1.807, 2.05) is 13.0 Å². The van der Waals surface area contributed by atoms with Crippen molar-refractivity contribution in [3.63, 3.8) is 0 Å². The molecule has 0 aromatic carbocycles. The highest BCUT2D eigenvalue weighted by molar-refractivity contribution is 7.85. The highest BCUT2D eigenvalue weighted by atomic mass is 32.2. The van der Waals surface area contributed by atoms with Crippen LogP contribution in [0.2, 0.25) is 0 Å². The molecule has 1 aliphatic carbocycles. The Morgan fingerprint density at radius 3 is 3.05 bits per heavy atom. The third-order valence-corrected chi connectivity index (χ3v) is 5.36. The molecule has 6 heteroatoms. The van der Waals surface area contributed by atoms with E-state index in [0.717, 1.165) is 31.4 Å². The van der Waals surface area contributed by atoms with Crippen LogP contribution in [0, 0.1) is 0 Å². The number of rotatable bonds is 5. The molecule has 1 aromatic rings. The van der Waals surface area contributed by atoms with E-state index in [4.69, 9.17) is 4.42 Å². The molecule has 1 heterocycles. The van der Waals surface area contributed by atoms with E-state index in [2.05, 4.69) is 10.6 Å². The maximum atomic E-state index is 11.8. The van der Waals surface area contributed by atoms with Crippen molar-refractivity contribution in [3.05, 3.63) is 24.2 Å². The second-order valence-corrected chi connectivity index (χ2v) is 7.07. The summed E-state index contributed by atoms with van der Waals surface area (Å²) < 4.78 is 17.0. The molecule has 5 nitrogen and oxygen atoms in total. The summed E-state index contributed by atoms with van der Waals surface area (Å²) in [6.07, 6.45) is 5.40. The predicted molar refractivity (Wildman–Crippen MR) is 78.8 cm³/mol. The molecule has 0 spiro atoms. The Morgan fingerprint density at radius 2 is 2.35 bits per heavy atom. The van der Waals surface area contributed by atoms with E-state index in [1.165, 1.54) is 0 Å². The third-order valence-electron chi connectivity index (χ3n) is 3.62. The van der Waals surface area contributed by atoms with Crippen LogP contribution in [0.3, 0.4) is 0 Å². The zero-order chi connectivity index (χ0) is 14.4. The standard InChI is InChI=1S/C14H22N2O3S/c1-2-20(18)13-7-3-5-11(9-13)16-14(17)15-10-12-6-4-8-19-12/h4,6,8,11,13H,2-3,5,7,9-10H2,1H3,(H2,15,16,17)/t11-,13+,20+/m0/s1. The Bertz CT molecular complexity index is 447. The Hall–Kier alpha value is -1.30. The quantitative estimate of drug-likeness (QED) is 0.875. The van der Waals surface area contributed by atoms with Crippen LogP contribution in [-0.4, -0.2) is 27.3 Å². The van der Waals surface area contributed by atoms with Gasteiger partial charge in [0.25, 0.3) is 0 Å². The molecule has 112 valence electrons. The van der Waals surface area contributed by atoms with Crippen molar-refractivity contribution in [3.8, 4) is 0 Å². The lowest BCUT2D eigenvalue weighted by molar-refractivity contribution is 0.231. The topological polar surface area (TPSA) is 71.3 Å². The lowest BCUT2D eigenvalue weighted by atomic mass is 9.95. The Morgan fingerprint density at radius 1 is 1.50 bits per heavy atom. The number of amides is 2. The largest absolute Gasteiger partial charge is 0.467 e. The van der Waals surface area contributed by atoms with Gasteiger partial charge in [-0.2, -0.15) is 0 Å². The molecule has 2 rings (SSSR count). The molecule has 2 amide bonds. The maximum absolute atomic E-state index is 11.8. The van der Waals surface area contributed by atoms with E-state index >= 15 is 0 Å². The van der Waals surface area contributed by atoms with Gasteiger partial charge in [-0.25, -0.2) is 4.79 Å². The zero-order valence-electron chi connectivity index (χ0n) is 11.8. The lowest BCUT2D eigenvalue weighted by Crippen LogP contribution is -2.45. The zero-order valence-corrected chi connectivity index (χ0v) is 12.6.